The zero-order valence-corrected chi connectivity index (χ0v) is 23.0. The number of rotatable bonds is 12. The average molecular weight is 486 g/mol. The Morgan fingerprint density at radius 2 is 1.79 bits per heavy atom. The number of carbonyl (C=O) groups is 1. The van der Waals surface area contributed by atoms with Crippen molar-refractivity contribution < 1.29 is 14.6 Å². The van der Waals surface area contributed by atoms with Crippen LogP contribution in [0.5, 0.6) is 0 Å². The third-order valence-corrected chi connectivity index (χ3v) is 5.16. The van der Waals surface area contributed by atoms with E-state index in [-0.39, 0.29) is 0 Å². The summed E-state index contributed by atoms with van der Waals surface area (Å²) in [5, 5.41) is 10.6. The summed E-state index contributed by atoms with van der Waals surface area (Å²) < 4.78 is 6.02. The van der Waals surface area contributed by atoms with E-state index >= 15 is 0 Å². The molecule has 0 aliphatic heterocycles. The van der Waals surface area contributed by atoms with Gasteiger partial charge in [-0.2, -0.15) is 0 Å². The van der Waals surface area contributed by atoms with Gasteiger partial charge >= 0.3 is 5.97 Å². The van der Waals surface area contributed by atoms with Crippen molar-refractivity contribution in [2.75, 3.05) is 0 Å². The number of nitrogens with zero attached hydrogens (tertiary/aromatic N) is 1. The van der Waals surface area contributed by atoms with Crippen LogP contribution in [0.4, 0.5) is 0 Å². The van der Waals surface area contributed by atoms with Crippen molar-refractivity contribution in [3.63, 3.8) is 0 Å². The second-order valence-corrected chi connectivity index (χ2v) is 7.23. The van der Waals surface area contributed by atoms with Gasteiger partial charge in [-0.3, -0.25) is 0 Å². The molecule has 1 N–H and O–H groups in total. The highest BCUT2D eigenvalue weighted by Gasteiger charge is 2.26. The monoisotopic (exact) mass is 485 g/mol. The van der Waals surface area contributed by atoms with Gasteiger partial charge in [0.1, 0.15) is 10.8 Å². The molecular formula is C29H43NO3S. The van der Waals surface area contributed by atoms with Crippen molar-refractivity contribution >= 4 is 29.0 Å². The van der Waals surface area contributed by atoms with E-state index in [9.17, 15) is 9.90 Å². The molecule has 0 radical (unpaired) electrons. The zero-order chi connectivity index (χ0) is 26.5. The molecule has 1 unspecified atom stereocenters. The lowest BCUT2D eigenvalue weighted by Gasteiger charge is -2.20. The second kappa shape index (κ2) is 20.7. The number of ether oxygens (including phenoxy) is 1. The highest BCUT2D eigenvalue weighted by molar-refractivity contribution is 7.13. The van der Waals surface area contributed by atoms with Gasteiger partial charge in [0, 0.05) is 0 Å². The summed E-state index contributed by atoms with van der Waals surface area (Å²) in [6.07, 6.45) is 16.6. The lowest BCUT2D eigenvalue weighted by Crippen LogP contribution is -2.25. The number of allylic oxidation sites excluding steroid dienone is 8. The Bertz CT molecular complexity index is 898. The minimum atomic E-state index is -1.12. The van der Waals surface area contributed by atoms with Crippen molar-refractivity contribution in [3.8, 4) is 0 Å². The van der Waals surface area contributed by atoms with Gasteiger partial charge in [0.05, 0.1) is 16.1 Å². The molecule has 0 spiro atoms. The van der Waals surface area contributed by atoms with Crippen LogP contribution in [0.25, 0.3) is 11.6 Å². The first-order valence-electron chi connectivity index (χ1n) is 12.0. The second-order valence-electron chi connectivity index (χ2n) is 6.20. The van der Waals surface area contributed by atoms with Crippen LogP contribution in [0.1, 0.15) is 77.4 Å². The largest absolute Gasteiger partial charge is 0.478 e. The number of aliphatic carboxylic acids is 1. The minimum absolute atomic E-state index is 0.449. The molecule has 1 aromatic rings. The Labute approximate surface area is 211 Å². The van der Waals surface area contributed by atoms with Gasteiger partial charge in [-0.15, -0.1) is 11.3 Å². The predicted molar refractivity (Wildman–Crippen MR) is 151 cm³/mol. The van der Waals surface area contributed by atoms with Crippen LogP contribution in [0, 0.1) is 0 Å². The van der Waals surface area contributed by atoms with Gasteiger partial charge in [-0.05, 0) is 50.5 Å². The average Bonchev–Trinajstić information content (AvgIpc) is 3.27. The summed E-state index contributed by atoms with van der Waals surface area (Å²) in [6, 6.07) is 0. The Balaban J connectivity index is 0. The summed E-state index contributed by atoms with van der Waals surface area (Å²) in [5.41, 5.74) is 2.27. The maximum atomic E-state index is 12.0. The normalized spacial score (nSPS) is 13.0. The number of thiazole rings is 1. The van der Waals surface area contributed by atoms with E-state index in [2.05, 4.69) is 13.2 Å². The minimum Gasteiger partial charge on any atom is -0.478 e. The summed E-state index contributed by atoms with van der Waals surface area (Å²) in [4.78, 5) is 17.8. The Morgan fingerprint density at radius 1 is 1.15 bits per heavy atom. The quantitative estimate of drug-likeness (QED) is 0.237. The molecule has 0 fully saturated rings. The van der Waals surface area contributed by atoms with Crippen LogP contribution in [-0.2, 0) is 16.0 Å². The van der Waals surface area contributed by atoms with Gasteiger partial charge < -0.3 is 9.84 Å². The fourth-order valence-electron chi connectivity index (χ4n) is 2.76. The van der Waals surface area contributed by atoms with Crippen LogP contribution >= 0.6 is 11.3 Å². The van der Waals surface area contributed by atoms with E-state index in [0.29, 0.717) is 23.3 Å². The molecule has 0 bridgehead atoms. The van der Waals surface area contributed by atoms with Crippen molar-refractivity contribution in [3.05, 3.63) is 88.7 Å². The number of hydrogen-bond donors (Lipinski definition) is 1. The molecular weight excluding hydrogens is 442 g/mol. The molecule has 1 rings (SSSR count). The molecule has 0 aliphatic rings. The van der Waals surface area contributed by atoms with Gasteiger partial charge in [0.2, 0.25) is 6.10 Å². The first kappa shape index (κ1) is 33.3. The van der Waals surface area contributed by atoms with Crippen LogP contribution in [0.2, 0.25) is 0 Å². The fourth-order valence-corrected chi connectivity index (χ4v) is 3.86. The Kier molecular flexibility index (Phi) is 20.2. The summed E-state index contributed by atoms with van der Waals surface area (Å²) in [6.45, 7) is 23.2. The smallest absolute Gasteiger partial charge is 0.349 e. The topological polar surface area (TPSA) is 59.4 Å². The molecule has 0 amide bonds. The van der Waals surface area contributed by atoms with Gasteiger partial charge in [0.15, 0.2) is 0 Å². The molecule has 34 heavy (non-hydrogen) atoms. The Morgan fingerprint density at radius 3 is 2.24 bits per heavy atom. The number of aryl methyl sites for hydroxylation is 1. The molecule has 1 aromatic heterocycles. The van der Waals surface area contributed by atoms with E-state index < -0.39 is 12.1 Å². The highest BCUT2D eigenvalue weighted by Crippen LogP contribution is 2.33. The molecule has 0 saturated carbocycles. The van der Waals surface area contributed by atoms with Crippen molar-refractivity contribution in [1.82, 2.24) is 4.98 Å². The molecule has 1 atom stereocenters. The van der Waals surface area contributed by atoms with Crippen molar-refractivity contribution in [2.24, 2.45) is 0 Å². The molecule has 0 aliphatic carbocycles. The van der Waals surface area contributed by atoms with Crippen molar-refractivity contribution in [2.45, 2.75) is 74.3 Å². The first-order chi connectivity index (χ1) is 16.5. The highest BCUT2D eigenvalue weighted by atomic mass is 32.1. The van der Waals surface area contributed by atoms with Crippen LogP contribution in [0.15, 0.2) is 73.1 Å². The van der Waals surface area contributed by atoms with Gasteiger partial charge in [-0.1, -0.05) is 91.2 Å². The molecule has 188 valence electrons. The third kappa shape index (κ3) is 10.8. The molecule has 1 heterocycles. The van der Waals surface area contributed by atoms with Gasteiger partial charge in [-0.25, -0.2) is 9.78 Å². The van der Waals surface area contributed by atoms with Crippen LogP contribution in [-0.4, -0.2) is 22.2 Å². The maximum absolute atomic E-state index is 12.0. The fraction of sp³-hybridized carbons (Fsp3) is 0.379. The standard InChI is InChI=1S/C25H31NO3S.2C2H6/c1-7-13-17-22-20(11-5)26-24(30-22)19(16-10-4)21(12-6)29-23(25(27)28)18(14-8-2)15-9-3;2*1-2/h7-8,10,12-17,23H,1,4,9,11H2,2-3,5-6H3,(H,27,28);2*1-2H3/b14-8-,17-13-,18-15+,19-16+,21-12+;;. The SMILES string of the molecule is C=C/C=C\c1sc(C(=C/C=C)/C(=C\C)OC(C(=O)O)C(/C=C\C)=C/CC)nc1CC.CC.CC. The molecule has 5 heteroatoms. The predicted octanol–water partition coefficient (Wildman–Crippen LogP) is 8.81. The van der Waals surface area contributed by atoms with Gasteiger partial charge in [0.25, 0.3) is 0 Å². The number of hydrogen-bond acceptors (Lipinski definition) is 4. The number of carboxylic acids is 1. The van der Waals surface area contributed by atoms with Crippen molar-refractivity contribution in [1.29, 1.82) is 0 Å². The maximum Gasteiger partial charge on any atom is 0.349 e. The summed E-state index contributed by atoms with van der Waals surface area (Å²) in [7, 11) is 0. The first-order valence-corrected chi connectivity index (χ1v) is 12.8. The number of aromatic nitrogens is 1. The van der Waals surface area contributed by atoms with Crippen LogP contribution in [0.3, 0.4) is 0 Å². The summed E-state index contributed by atoms with van der Waals surface area (Å²) >= 11 is 1.52. The summed E-state index contributed by atoms with van der Waals surface area (Å²) in [5.74, 6) is -0.599. The third-order valence-electron chi connectivity index (χ3n) is 4.06. The lowest BCUT2D eigenvalue weighted by molar-refractivity contribution is -0.145. The van der Waals surface area contributed by atoms with Crippen LogP contribution < -0.4 is 0 Å². The Hall–Kier alpha value is -2.92. The molecule has 4 nitrogen and oxygen atoms in total. The van der Waals surface area contributed by atoms with E-state index in [4.69, 9.17) is 9.72 Å². The zero-order valence-electron chi connectivity index (χ0n) is 22.2. The van der Waals surface area contributed by atoms with E-state index in [1.807, 2.05) is 79.7 Å². The van der Waals surface area contributed by atoms with E-state index in [0.717, 1.165) is 22.0 Å². The molecule has 0 aromatic carbocycles. The van der Waals surface area contributed by atoms with E-state index in [1.165, 1.54) is 11.3 Å². The lowest BCUT2D eigenvalue weighted by atomic mass is 10.1. The molecule has 0 saturated heterocycles. The van der Waals surface area contributed by atoms with E-state index in [1.54, 1.807) is 30.4 Å². The number of carboxylic acid groups (broad SMARTS) is 1.